The summed E-state index contributed by atoms with van der Waals surface area (Å²) in [7, 11) is 0. The van der Waals surface area contributed by atoms with Gasteiger partial charge in [0.05, 0.1) is 16.9 Å². The molecule has 9 heteroatoms. The van der Waals surface area contributed by atoms with Crippen LogP contribution in [0.4, 0.5) is 17.3 Å². The second-order valence-corrected chi connectivity index (χ2v) is 7.46. The molecule has 3 aromatic heterocycles. The Morgan fingerprint density at radius 3 is 2.72 bits per heavy atom. The van der Waals surface area contributed by atoms with Gasteiger partial charge in [-0.05, 0) is 43.2 Å². The molecule has 0 amide bonds. The molecule has 1 aliphatic carbocycles. The fourth-order valence-electron chi connectivity index (χ4n) is 3.08. The number of hydrogen-bond donors (Lipinski definition) is 4. The second kappa shape index (κ2) is 6.82. The summed E-state index contributed by atoms with van der Waals surface area (Å²) in [6, 6.07) is 9.81. The number of nitrogens with zero attached hydrogens (tertiary/aromatic N) is 3. The quantitative estimate of drug-likeness (QED) is 0.405. The summed E-state index contributed by atoms with van der Waals surface area (Å²) >= 11 is 5.98. The number of anilines is 3. The van der Waals surface area contributed by atoms with E-state index in [2.05, 4.69) is 32.3 Å². The Hall–Kier alpha value is -3.52. The predicted octanol–water partition coefficient (Wildman–Crippen LogP) is 1.96. The Morgan fingerprint density at radius 1 is 1.24 bits per heavy atom. The van der Waals surface area contributed by atoms with Crippen LogP contribution in [0.25, 0.3) is 18.3 Å². The highest BCUT2D eigenvalue weighted by Gasteiger charge is 2.23. The molecule has 4 aromatic rings. The SMILES string of the molecule is C=c1[nH]c(=O)[nH]/c1=C\c1cnn2c(NC3CC3)cc(Nc3ccc(Cl)cc3)nc12. The molecule has 0 spiro atoms. The third-order valence-corrected chi connectivity index (χ3v) is 4.93. The lowest BCUT2D eigenvalue weighted by atomic mass is 10.3. The van der Waals surface area contributed by atoms with Crippen molar-refractivity contribution in [3.63, 3.8) is 0 Å². The van der Waals surface area contributed by atoms with E-state index in [0.717, 1.165) is 29.9 Å². The van der Waals surface area contributed by atoms with Crippen LogP contribution in [0.15, 0.2) is 41.3 Å². The number of H-pyrrole nitrogens is 2. The minimum Gasteiger partial charge on any atom is -0.367 e. The Bertz CT molecular complexity index is 1360. The molecule has 146 valence electrons. The van der Waals surface area contributed by atoms with Gasteiger partial charge in [-0.25, -0.2) is 9.78 Å². The highest BCUT2D eigenvalue weighted by Crippen LogP contribution is 2.28. The van der Waals surface area contributed by atoms with Gasteiger partial charge >= 0.3 is 5.69 Å². The minimum absolute atomic E-state index is 0.299. The van der Waals surface area contributed by atoms with Crippen molar-refractivity contribution in [1.29, 1.82) is 0 Å². The smallest absolute Gasteiger partial charge is 0.323 e. The minimum atomic E-state index is -0.299. The van der Waals surface area contributed by atoms with Crippen molar-refractivity contribution in [3.8, 4) is 0 Å². The third-order valence-electron chi connectivity index (χ3n) is 4.68. The molecule has 0 aliphatic heterocycles. The van der Waals surface area contributed by atoms with Gasteiger partial charge in [0.25, 0.3) is 0 Å². The molecule has 4 N–H and O–H groups in total. The lowest BCUT2D eigenvalue weighted by Gasteiger charge is -2.11. The number of aromatic amines is 2. The first-order valence-corrected chi connectivity index (χ1v) is 9.60. The summed E-state index contributed by atoms with van der Waals surface area (Å²) in [5.41, 5.74) is 2.01. The maximum absolute atomic E-state index is 11.5. The van der Waals surface area contributed by atoms with Gasteiger partial charge in [0, 0.05) is 28.4 Å². The molecular formula is C20H18ClN7O. The molecule has 0 radical (unpaired) electrons. The van der Waals surface area contributed by atoms with Gasteiger partial charge < -0.3 is 20.6 Å². The van der Waals surface area contributed by atoms with Crippen LogP contribution < -0.4 is 27.0 Å². The topological polar surface area (TPSA) is 103 Å². The van der Waals surface area contributed by atoms with E-state index in [-0.39, 0.29) is 5.69 Å². The summed E-state index contributed by atoms with van der Waals surface area (Å²) < 4.78 is 1.77. The molecule has 29 heavy (non-hydrogen) atoms. The average Bonchev–Trinajstić information content (AvgIpc) is 3.33. The summed E-state index contributed by atoms with van der Waals surface area (Å²) in [6.07, 6.45) is 5.80. The van der Waals surface area contributed by atoms with E-state index in [9.17, 15) is 4.79 Å². The van der Waals surface area contributed by atoms with Gasteiger partial charge in [0.15, 0.2) is 5.65 Å². The number of hydrogen-bond acceptors (Lipinski definition) is 5. The Morgan fingerprint density at radius 2 is 2.03 bits per heavy atom. The Balaban J connectivity index is 1.63. The van der Waals surface area contributed by atoms with Gasteiger partial charge in [0.2, 0.25) is 0 Å². The highest BCUT2D eigenvalue weighted by atomic mass is 35.5. The van der Waals surface area contributed by atoms with Gasteiger partial charge in [-0.3, -0.25) is 0 Å². The molecule has 1 aromatic carbocycles. The zero-order valence-corrected chi connectivity index (χ0v) is 16.1. The van der Waals surface area contributed by atoms with Crippen molar-refractivity contribution in [3.05, 3.63) is 68.3 Å². The van der Waals surface area contributed by atoms with Crippen molar-refractivity contribution in [2.24, 2.45) is 0 Å². The first-order valence-electron chi connectivity index (χ1n) is 9.22. The fraction of sp³-hybridized carbons (Fsp3) is 0.150. The van der Waals surface area contributed by atoms with E-state index in [1.54, 1.807) is 10.7 Å². The lowest BCUT2D eigenvalue weighted by Crippen LogP contribution is -2.22. The van der Waals surface area contributed by atoms with Crippen LogP contribution in [0.2, 0.25) is 5.02 Å². The van der Waals surface area contributed by atoms with Crippen LogP contribution in [0.5, 0.6) is 0 Å². The van der Waals surface area contributed by atoms with Gasteiger partial charge in [-0.1, -0.05) is 18.2 Å². The maximum Gasteiger partial charge on any atom is 0.323 e. The first kappa shape index (κ1) is 17.6. The van der Waals surface area contributed by atoms with Crippen LogP contribution in [0.3, 0.4) is 0 Å². The second-order valence-electron chi connectivity index (χ2n) is 7.03. The van der Waals surface area contributed by atoms with E-state index in [1.807, 2.05) is 36.4 Å². The largest absolute Gasteiger partial charge is 0.367 e. The number of aromatic nitrogens is 5. The predicted molar refractivity (Wildman–Crippen MR) is 114 cm³/mol. The number of benzene rings is 1. The summed E-state index contributed by atoms with van der Waals surface area (Å²) in [4.78, 5) is 21.6. The molecule has 0 unspecified atom stereocenters. The van der Waals surface area contributed by atoms with Crippen molar-refractivity contribution in [2.75, 3.05) is 10.6 Å². The summed E-state index contributed by atoms with van der Waals surface area (Å²) in [6.45, 7) is 3.85. The number of imidazole rings is 1. The summed E-state index contributed by atoms with van der Waals surface area (Å²) in [5, 5.41) is 13.1. The van der Waals surface area contributed by atoms with Crippen LogP contribution in [0, 0.1) is 0 Å². The van der Waals surface area contributed by atoms with Crippen molar-refractivity contribution >= 4 is 47.2 Å². The van der Waals surface area contributed by atoms with Crippen LogP contribution in [-0.2, 0) is 0 Å². The molecule has 8 nitrogen and oxygen atoms in total. The van der Waals surface area contributed by atoms with E-state index in [1.165, 1.54) is 0 Å². The van der Waals surface area contributed by atoms with E-state index < -0.39 is 0 Å². The van der Waals surface area contributed by atoms with Gasteiger partial charge in [-0.15, -0.1) is 0 Å². The summed E-state index contributed by atoms with van der Waals surface area (Å²) in [5.74, 6) is 1.53. The number of halogens is 1. The van der Waals surface area contributed by atoms with Gasteiger partial charge in [0.1, 0.15) is 11.6 Å². The lowest BCUT2D eigenvalue weighted by molar-refractivity contribution is 0.926. The average molecular weight is 408 g/mol. The molecule has 0 bridgehead atoms. The van der Waals surface area contributed by atoms with Gasteiger partial charge in [-0.2, -0.15) is 9.61 Å². The molecule has 1 fully saturated rings. The fourth-order valence-corrected chi connectivity index (χ4v) is 3.20. The van der Waals surface area contributed by atoms with E-state index >= 15 is 0 Å². The highest BCUT2D eigenvalue weighted by molar-refractivity contribution is 6.30. The first-order chi connectivity index (χ1) is 14.0. The van der Waals surface area contributed by atoms with Crippen molar-refractivity contribution in [2.45, 2.75) is 18.9 Å². The zero-order chi connectivity index (χ0) is 20.0. The normalized spacial score (nSPS) is 14.4. The monoisotopic (exact) mass is 407 g/mol. The molecule has 5 rings (SSSR count). The maximum atomic E-state index is 11.5. The van der Waals surface area contributed by atoms with Crippen LogP contribution in [-0.4, -0.2) is 30.6 Å². The van der Waals surface area contributed by atoms with Crippen LogP contribution in [0.1, 0.15) is 18.4 Å². The molecular weight excluding hydrogens is 390 g/mol. The molecule has 1 aliphatic rings. The standard InChI is InChI=1S/C20H18ClN7O/c1-11-16(26-20(29)23-11)8-12-10-22-28-18(25-15-6-7-15)9-17(27-19(12)28)24-14-4-2-13(21)3-5-14/h2-5,8-10,15,25H,1,6-7H2,(H,24,27)(H2,23,26,29)/b16-8-. The number of nitrogens with one attached hydrogen (secondary N) is 4. The molecule has 0 atom stereocenters. The Kier molecular flexibility index (Phi) is 4.13. The Labute approximate surface area is 170 Å². The number of rotatable bonds is 5. The van der Waals surface area contributed by atoms with Crippen LogP contribution >= 0.6 is 11.6 Å². The number of fused-ring (bicyclic) bond motifs is 1. The van der Waals surface area contributed by atoms with E-state index in [4.69, 9.17) is 16.6 Å². The zero-order valence-electron chi connectivity index (χ0n) is 15.4. The molecule has 1 saturated carbocycles. The third kappa shape index (κ3) is 3.62. The molecule has 3 heterocycles. The van der Waals surface area contributed by atoms with E-state index in [0.29, 0.717) is 33.2 Å². The van der Waals surface area contributed by atoms with Crippen molar-refractivity contribution < 1.29 is 0 Å². The molecule has 0 saturated heterocycles. The van der Waals surface area contributed by atoms with Crippen molar-refractivity contribution in [1.82, 2.24) is 24.6 Å².